The van der Waals surface area contributed by atoms with Gasteiger partial charge in [0.05, 0.1) is 16.6 Å². The smallest absolute Gasteiger partial charge is 0.266 e. The third-order valence-corrected chi connectivity index (χ3v) is 6.29. The van der Waals surface area contributed by atoms with Gasteiger partial charge in [-0.05, 0) is 66.9 Å². The Kier molecular flexibility index (Phi) is 5.68. The summed E-state index contributed by atoms with van der Waals surface area (Å²) in [6.45, 7) is 4.04. The van der Waals surface area contributed by atoms with Gasteiger partial charge < -0.3 is 0 Å². The Bertz CT molecular complexity index is 1240. The predicted molar refractivity (Wildman–Crippen MR) is 123 cm³/mol. The summed E-state index contributed by atoms with van der Waals surface area (Å²) in [6.07, 6.45) is 0. The molecule has 0 bridgehead atoms. The molecule has 0 spiro atoms. The van der Waals surface area contributed by atoms with E-state index in [1.165, 1.54) is 11.8 Å². The van der Waals surface area contributed by atoms with Gasteiger partial charge in [-0.25, -0.2) is 4.98 Å². The molecule has 0 aliphatic heterocycles. The van der Waals surface area contributed by atoms with E-state index in [1.54, 1.807) is 4.57 Å². The second-order valence-electron chi connectivity index (χ2n) is 6.89. The van der Waals surface area contributed by atoms with E-state index < -0.39 is 0 Å². The van der Waals surface area contributed by atoms with Crippen LogP contribution in [0.2, 0.25) is 10.0 Å². The summed E-state index contributed by atoms with van der Waals surface area (Å²) in [5, 5.41) is 2.40. The second-order valence-corrected chi connectivity index (χ2v) is 8.64. The number of hydrogen-bond acceptors (Lipinski definition) is 3. The molecule has 0 N–H and O–H groups in total. The molecule has 4 rings (SSSR count). The minimum atomic E-state index is -0.0895. The molecule has 0 amide bonds. The first-order valence-corrected chi connectivity index (χ1v) is 10.8. The van der Waals surface area contributed by atoms with Gasteiger partial charge in [0.25, 0.3) is 5.56 Å². The molecule has 146 valence electrons. The molecule has 29 heavy (non-hydrogen) atoms. The minimum Gasteiger partial charge on any atom is -0.268 e. The number of para-hydroxylation sites is 1. The summed E-state index contributed by atoms with van der Waals surface area (Å²) in [7, 11) is 0. The van der Waals surface area contributed by atoms with Crippen molar-refractivity contribution in [3.63, 3.8) is 0 Å². The number of rotatable bonds is 4. The lowest BCUT2D eigenvalue weighted by Gasteiger charge is -2.15. The van der Waals surface area contributed by atoms with Crippen LogP contribution < -0.4 is 5.56 Å². The zero-order chi connectivity index (χ0) is 20.5. The number of halogens is 2. The monoisotopic (exact) mass is 440 g/mol. The van der Waals surface area contributed by atoms with Gasteiger partial charge in [0.1, 0.15) is 0 Å². The number of aryl methyl sites for hydroxylation is 2. The molecule has 3 nitrogen and oxygen atoms in total. The number of benzene rings is 3. The Labute approximate surface area is 183 Å². The van der Waals surface area contributed by atoms with Crippen molar-refractivity contribution < 1.29 is 0 Å². The van der Waals surface area contributed by atoms with Crippen LogP contribution in [0, 0.1) is 13.8 Å². The maximum absolute atomic E-state index is 13.4. The van der Waals surface area contributed by atoms with Crippen molar-refractivity contribution in [2.45, 2.75) is 24.8 Å². The van der Waals surface area contributed by atoms with E-state index in [-0.39, 0.29) is 5.56 Å². The maximum atomic E-state index is 13.4. The fourth-order valence-electron chi connectivity index (χ4n) is 3.32. The molecule has 0 unspecified atom stereocenters. The van der Waals surface area contributed by atoms with E-state index in [1.807, 2.05) is 68.4 Å². The fourth-order valence-corrected chi connectivity index (χ4v) is 5.08. The lowest BCUT2D eigenvalue weighted by molar-refractivity contribution is 0.818. The van der Waals surface area contributed by atoms with Crippen molar-refractivity contribution in [2.75, 3.05) is 0 Å². The van der Waals surface area contributed by atoms with E-state index in [0.29, 0.717) is 31.9 Å². The van der Waals surface area contributed by atoms with Gasteiger partial charge in [-0.1, -0.05) is 59.2 Å². The van der Waals surface area contributed by atoms with Crippen LogP contribution in [0.3, 0.4) is 0 Å². The highest BCUT2D eigenvalue weighted by atomic mass is 35.5. The molecule has 0 atom stereocenters. The normalized spacial score (nSPS) is 11.2. The molecular formula is C23H18Cl2N2OS. The molecule has 0 fully saturated rings. The van der Waals surface area contributed by atoms with Gasteiger partial charge in [0, 0.05) is 15.8 Å². The molecule has 4 aromatic rings. The van der Waals surface area contributed by atoms with Gasteiger partial charge in [0.15, 0.2) is 5.16 Å². The highest BCUT2D eigenvalue weighted by molar-refractivity contribution is 7.98. The van der Waals surface area contributed by atoms with E-state index in [0.717, 1.165) is 22.4 Å². The molecule has 1 heterocycles. The van der Waals surface area contributed by atoms with Gasteiger partial charge in [0.2, 0.25) is 0 Å². The summed E-state index contributed by atoms with van der Waals surface area (Å²) in [5.74, 6) is 0.508. The van der Waals surface area contributed by atoms with Crippen LogP contribution in [-0.4, -0.2) is 9.55 Å². The topological polar surface area (TPSA) is 34.9 Å². The third kappa shape index (κ3) is 4.06. The SMILES string of the molecule is Cc1cc(C)cc(-n2c(SCc3c(Cl)cccc3Cl)nc3ccccc3c2=O)c1. The van der Waals surface area contributed by atoms with Crippen molar-refractivity contribution in [2.24, 2.45) is 0 Å². The van der Waals surface area contributed by atoms with Crippen molar-refractivity contribution in [3.05, 3.63) is 97.8 Å². The molecule has 1 aromatic heterocycles. The molecular weight excluding hydrogens is 423 g/mol. The number of hydrogen-bond donors (Lipinski definition) is 0. The largest absolute Gasteiger partial charge is 0.268 e. The Morgan fingerprint density at radius 3 is 2.28 bits per heavy atom. The van der Waals surface area contributed by atoms with E-state index in [2.05, 4.69) is 6.07 Å². The summed E-state index contributed by atoms with van der Waals surface area (Å²) < 4.78 is 1.68. The lowest BCUT2D eigenvalue weighted by Crippen LogP contribution is -2.22. The summed E-state index contributed by atoms with van der Waals surface area (Å²) >= 11 is 14.1. The highest BCUT2D eigenvalue weighted by Crippen LogP contribution is 2.32. The molecule has 0 aliphatic rings. The number of nitrogens with zero attached hydrogens (tertiary/aromatic N) is 2. The minimum absolute atomic E-state index is 0.0895. The maximum Gasteiger partial charge on any atom is 0.266 e. The average Bonchev–Trinajstić information content (AvgIpc) is 2.67. The first-order valence-electron chi connectivity index (χ1n) is 9.10. The van der Waals surface area contributed by atoms with Crippen molar-refractivity contribution in [3.8, 4) is 5.69 Å². The standard InChI is InChI=1S/C23H18Cl2N2OS/c1-14-10-15(2)12-16(11-14)27-22(28)17-6-3-4-9-21(17)26-23(27)29-13-18-19(24)7-5-8-20(18)25/h3-12H,13H2,1-2H3. The zero-order valence-electron chi connectivity index (χ0n) is 15.9. The summed E-state index contributed by atoms with van der Waals surface area (Å²) in [5.41, 5.74) is 4.39. The quantitative estimate of drug-likeness (QED) is 0.264. The Balaban J connectivity index is 1.89. The highest BCUT2D eigenvalue weighted by Gasteiger charge is 2.15. The molecule has 0 radical (unpaired) electrons. The van der Waals surface area contributed by atoms with Gasteiger partial charge >= 0.3 is 0 Å². The van der Waals surface area contributed by atoms with E-state index in [9.17, 15) is 4.79 Å². The second kappa shape index (κ2) is 8.23. The van der Waals surface area contributed by atoms with Crippen LogP contribution in [0.25, 0.3) is 16.6 Å². The third-order valence-electron chi connectivity index (χ3n) is 4.62. The van der Waals surface area contributed by atoms with Gasteiger partial charge in [-0.3, -0.25) is 9.36 Å². The Morgan fingerprint density at radius 2 is 1.59 bits per heavy atom. The Hall–Kier alpha value is -2.27. The molecule has 0 saturated heterocycles. The van der Waals surface area contributed by atoms with Crippen LogP contribution in [0.1, 0.15) is 16.7 Å². The number of aromatic nitrogens is 2. The first kappa shape index (κ1) is 20.0. The van der Waals surface area contributed by atoms with Crippen molar-refractivity contribution in [1.29, 1.82) is 0 Å². The van der Waals surface area contributed by atoms with Crippen LogP contribution in [0.5, 0.6) is 0 Å². The molecule has 3 aromatic carbocycles. The van der Waals surface area contributed by atoms with Gasteiger partial charge in [-0.2, -0.15) is 0 Å². The summed E-state index contributed by atoms with van der Waals surface area (Å²) in [4.78, 5) is 18.2. The zero-order valence-corrected chi connectivity index (χ0v) is 18.3. The fraction of sp³-hybridized carbons (Fsp3) is 0.130. The first-order chi connectivity index (χ1) is 13.9. The van der Waals surface area contributed by atoms with Crippen molar-refractivity contribution >= 4 is 45.9 Å². The van der Waals surface area contributed by atoms with Crippen LogP contribution in [0.4, 0.5) is 0 Å². The van der Waals surface area contributed by atoms with Crippen LogP contribution in [-0.2, 0) is 5.75 Å². The lowest BCUT2D eigenvalue weighted by atomic mass is 10.1. The molecule has 6 heteroatoms. The van der Waals surface area contributed by atoms with Crippen molar-refractivity contribution in [1.82, 2.24) is 9.55 Å². The van der Waals surface area contributed by atoms with Gasteiger partial charge in [-0.15, -0.1) is 0 Å². The average molecular weight is 441 g/mol. The molecule has 0 aliphatic carbocycles. The van der Waals surface area contributed by atoms with E-state index >= 15 is 0 Å². The van der Waals surface area contributed by atoms with Crippen LogP contribution in [0.15, 0.2) is 70.6 Å². The number of fused-ring (bicyclic) bond motifs is 1. The number of thioether (sulfide) groups is 1. The predicted octanol–water partition coefficient (Wildman–Crippen LogP) is 6.60. The Morgan fingerprint density at radius 1 is 0.931 bits per heavy atom. The van der Waals surface area contributed by atoms with Crippen LogP contribution >= 0.6 is 35.0 Å². The summed E-state index contributed by atoms with van der Waals surface area (Å²) in [6, 6.07) is 18.9. The van der Waals surface area contributed by atoms with E-state index in [4.69, 9.17) is 28.2 Å². The molecule has 0 saturated carbocycles.